The van der Waals surface area contributed by atoms with Gasteiger partial charge in [0.05, 0.1) is 0 Å². The van der Waals surface area contributed by atoms with E-state index in [1.165, 1.54) is 6.33 Å². The smallest absolute Gasteiger partial charge is 0.175 e. The first kappa shape index (κ1) is 9.17. The van der Waals surface area contributed by atoms with Gasteiger partial charge in [0.2, 0.25) is 0 Å². The molecular formula is C7H8ClN5O. The summed E-state index contributed by atoms with van der Waals surface area (Å²) in [4.78, 5) is 12.0. The van der Waals surface area contributed by atoms with Gasteiger partial charge in [-0.2, -0.15) is 0 Å². The van der Waals surface area contributed by atoms with Crippen LogP contribution in [0, 0.1) is 0 Å². The Labute approximate surface area is 85.3 Å². The minimum absolute atomic E-state index is 0.317. The van der Waals surface area contributed by atoms with Crippen LogP contribution in [0.2, 0.25) is 5.15 Å². The van der Waals surface area contributed by atoms with Crippen LogP contribution in [0.3, 0.4) is 0 Å². The average Bonchev–Trinajstić information content (AvgIpc) is 2.20. The molecule has 2 N–H and O–H groups in total. The third kappa shape index (κ3) is 1.61. The number of nitrogens with zero attached hydrogens (tertiary/aromatic N) is 3. The number of fused-ring (bicyclic) bond motifs is 1. The Kier molecular flexibility index (Phi) is 2.47. The minimum Gasteiger partial charge on any atom is -0.377 e. The van der Waals surface area contributed by atoms with Crippen LogP contribution in [0.25, 0.3) is 0 Å². The molecule has 0 spiro atoms. The van der Waals surface area contributed by atoms with Crippen LogP contribution < -0.4 is 10.9 Å². The number of amidine groups is 1. The van der Waals surface area contributed by atoms with E-state index >= 15 is 0 Å². The first-order valence-electron chi connectivity index (χ1n) is 3.90. The Morgan fingerprint density at radius 1 is 1.43 bits per heavy atom. The van der Waals surface area contributed by atoms with E-state index in [1.54, 1.807) is 7.11 Å². The van der Waals surface area contributed by atoms with E-state index in [-0.39, 0.29) is 0 Å². The zero-order valence-electron chi connectivity index (χ0n) is 7.41. The van der Waals surface area contributed by atoms with Crippen molar-refractivity contribution >= 4 is 28.9 Å². The van der Waals surface area contributed by atoms with E-state index in [0.717, 1.165) is 0 Å². The van der Waals surface area contributed by atoms with Gasteiger partial charge in [0.1, 0.15) is 24.5 Å². The van der Waals surface area contributed by atoms with Gasteiger partial charge in [0, 0.05) is 7.11 Å². The lowest BCUT2D eigenvalue weighted by Crippen LogP contribution is -2.35. The van der Waals surface area contributed by atoms with Gasteiger partial charge in [0.15, 0.2) is 11.0 Å². The second-order valence-corrected chi connectivity index (χ2v) is 2.96. The van der Waals surface area contributed by atoms with Crippen molar-refractivity contribution < 1.29 is 4.74 Å². The SMILES string of the molecule is COCC1=Nc2c(Cl)ncnc2NN1. The largest absolute Gasteiger partial charge is 0.377 e. The van der Waals surface area contributed by atoms with Crippen LogP contribution in [0.1, 0.15) is 0 Å². The van der Waals surface area contributed by atoms with Gasteiger partial charge < -0.3 is 4.74 Å². The van der Waals surface area contributed by atoms with E-state index < -0.39 is 0 Å². The van der Waals surface area contributed by atoms with Crippen LogP contribution in [0.5, 0.6) is 0 Å². The van der Waals surface area contributed by atoms with Crippen molar-refractivity contribution in [1.82, 2.24) is 15.4 Å². The maximum absolute atomic E-state index is 5.84. The number of aliphatic imine (C=N–C) groups is 1. The molecule has 1 aromatic rings. The summed E-state index contributed by atoms with van der Waals surface area (Å²) in [5.41, 5.74) is 6.20. The molecule has 14 heavy (non-hydrogen) atoms. The molecule has 1 aliphatic heterocycles. The second kappa shape index (κ2) is 3.77. The molecule has 0 saturated carbocycles. The fraction of sp³-hybridized carbons (Fsp3) is 0.286. The predicted molar refractivity (Wildman–Crippen MR) is 52.8 cm³/mol. The summed E-state index contributed by atoms with van der Waals surface area (Å²) in [6.45, 7) is 0.373. The molecule has 1 aromatic heterocycles. The summed E-state index contributed by atoms with van der Waals surface area (Å²) in [5.74, 6) is 1.20. The number of methoxy groups -OCH3 is 1. The number of hydrogen-bond acceptors (Lipinski definition) is 6. The van der Waals surface area contributed by atoms with Gasteiger partial charge in [-0.25, -0.2) is 15.0 Å². The third-order valence-electron chi connectivity index (χ3n) is 1.63. The molecule has 6 nitrogen and oxygen atoms in total. The standard InChI is InChI=1S/C7H8ClN5O/c1-14-2-4-11-5-6(8)9-3-10-7(5)13-12-4/h3H,2H2,1H3,(H,11,12)(H,9,10,13). The lowest BCUT2D eigenvalue weighted by atomic mass is 10.4. The highest BCUT2D eigenvalue weighted by molar-refractivity contribution is 6.32. The summed E-state index contributed by atoms with van der Waals surface area (Å²) in [6.07, 6.45) is 1.37. The zero-order chi connectivity index (χ0) is 9.97. The number of hydrogen-bond donors (Lipinski definition) is 2. The highest BCUT2D eigenvalue weighted by atomic mass is 35.5. The molecular weight excluding hydrogens is 206 g/mol. The Hall–Kier alpha value is -1.40. The number of aromatic nitrogens is 2. The Morgan fingerprint density at radius 2 is 2.29 bits per heavy atom. The molecule has 2 heterocycles. The number of rotatable bonds is 2. The highest BCUT2D eigenvalue weighted by Crippen LogP contribution is 2.30. The summed E-state index contributed by atoms with van der Waals surface area (Å²) < 4.78 is 4.92. The number of nitrogens with one attached hydrogen (secondary N) is 2. The molecule has 0 radical (unpaired) electrons. The van der Waals surface area contributed by atoms with Crippen molar-refractivity contribution in [2.24, 2.45) is 4.99 Å². The van der Waals surface area contributed by atoms with Gasteiger partial charge in [-0.1, -0.05) is 11.6 Å². The summed E-state index contributed by atoms with van der Waals surface area (Å²) >= 11 is 5.84. The van der Waals surface area contributed by atoms with Crippen molar-refractivity contribution in [2.45, 2.75) is 0 Å². The highest BCUT2D eigenvalue weighted by Gasteiger charge is 2.14. The van der Waals surface area contributed by atoms with Crippen LogP contribution in [0.4, 0.5) is 11.5 Å². The Morgan fingerprint density at radius 3 is 3.07 bits per heavy atom. The number of ether oxygens (including phenoxy) is 1. The van der Waals surface area contributed by atoms with Gasteiger partial charge in [0.25, 0.3) is 0 Å². The topological polar surface area (TPSA) is 71.4 Å². The molecule has 0 aromatic carbocycles. The molecule has 7 heteroatoms. The molecule has 0 fully saturated rings. The predicted octanol–water partition coefficient (Wildman–Crippen LogP) is 0.736. The first-order chi connectivity index (χ1) is 6.81. The normalized spacial score (nSPS) is 13.7. The monoisotopic (exact) mass is 213 g/mol. The molecule has 2 rings (SSSR count). The van der Waals surface area contributed by atoms with E-state index in [2.05, 4.69) is 25.8 Å². The lowest BCUT2D eigenvalue weighted by Gasteiger charge is -2.17. The summed E-state index contributed by atoms with van der Waals surface area (Å²) in [6, 6.07) is 0. The third-order valence-corrected chi connectivity index (χ3v) is 1.91. The summed E-state index contributed by atoms with van der Waals surface area (Å²) in [5, 5.41) is 0.317. The zero-order valence-corrected chi connectivity index (χ0v) is 8.17. The second-order valence-electron chi connectivity index (χ2n) is 2.60. The van der Waals surface area contributed by atoms with E-state index in [9.17, 15) is 0 Å². The average molecular weight is 214 g/mol. The van der Waals surface area contributed by atoms with Crippen LogP contribution in [-0.2, 0) is 4.74 Å². The Bertz CT molecular complexity index is 380. The molecule has 0 saturated heterocycles. The fourth-order valence-electron chi connectivity index (χ4n) is 1.05. The number of hydrazine groups is 1. The molecule has 0 atom stereocenters. The molecule has 0 bridgehead atoms. The maximum Gasteiger partial charge on any atom is 0.175 e. The molecule has 1 aliphatic rings. The molecule has 0 unspecified atom stereocenters. The van der Waals surface area contributed by atoms with E-state index in [4.69, 9.17) is 16.3 Å². The van der Waals surface area contributed by atoms with Crippen molar-refractivity contribution in [2.75, 3.05) is 19.1 Å². The van der Waals surface area contributed by atoms with Crippen molar-refractivity contribution in [3.05, 3.63) is 11.5 Å². The first-order valence-corrected chi connectivity index (χ1v) is 4.28. The van der Waals surface area contributed by atoms with Crippen molar-refractivity contribution in [3.63, 3.8) is 0 Å². The minimum atomic E-state index is 0.317. The summed E-state index contributed by atoms with van der Waals surface area (Å²) in [7, 11) is 1.59. The van der Waals surface area contributed by atoms with Gasteiger partial charge in [-0.3, -0.25) is 10.9 Å². The fourth-order valence-corrected chi connectivity index (χ4v) is 1.22. The number of anilines is 1. The quantitative estimate of drug-likeness (QED) is 0.709. The lowest BCUT2D eigenvalue weighted by molar-refractivity contribution is 0.243. The van der Waals surface area contributed by atoms with Gasteiger partial charge in [-0.05, 0) is 0 Å². The number of halogens is 1. The van der Waals surface area contributed by atoms with Gasteiger partial charge >= 0.3 is 0 Å². The molecule has 74 valence electrons. The van der Waals surface area contributed by atoms with Crippen molar-refractivity contribution in [1.29, 1.82) is 0 Å². The maximum atomic E-state index is 5.84. The van der Waals surface area contributed by atoms with Crippen LogP contribution in [-0.4, -0.2) is 29.5 Å². The van der Waals surface area contributed by atoms with E-state index in [0.29, 0.717) is 29.1 Å². The molecule has 0 aliphatic carbocycles. The van der Waals surface area contributed by atoms with E-state index in [1.807, 2.05) is 0 Å². The van der Waals surface area contributed by atoms with Crippen LogP contribution in [0.15, 0.2) is 11.3 Å². The van der Waals surface area contributed by atoms with Gasteiger partial charge in [-0.15, -0.1) is 0 Å². The van der Waals surface area contributed by atoms with Crippen molar-refractivity contribution in [3.8, 4) is 0 Å². The molecule has 0 amide bonds. The van der Waals surface area contributed by atoms with Crippen LogP contribution >= 0.6 is 11.6 Å². The Balaban J connectivity index is 2.37.